The summed E-state index contributed by atoms with van der Waals surface area (Å²) in [7, 11) is 3.26. The summed E-state index contributed by atoms with van der Waals surface area (Å²) in [6.45, 7) is 0.781. The van der Waals surface area contributed by atoms with Crippen LogP contribution in [0.1, 0.15) is 5.56 Å². The summed E-state index contributed by atoms with van der Waals surface area (Å²) in [6.07, 6.45) is 4.34. The Balaban J connectivity index is 1.60. The molecule has 6 nitrogen and oxygen atoms in total. The number of rotatable bonds is 7. The van der Waals surface area contributed by atoms with Crippen molar-refractivity contribution in [2.24, 2.45) is 0 Å². The quantitative estimate of drug-likeness (QED) is 0.714. The molecule has 25 heavy (non-hydrogen) atoms. The first-order chi connectivity index (χ1) is 12.3. The van der Waals surface area contributed by atoms with E-state index in [0.29, 0.717) is 11.7 Å². The van der Waals surface area contributed by atoms with Crippen LogP contribution in [0.2, 0.25) is 0 Å². The van der Waals surface area contributed by atoms with E-state index in [4.69, 9.17) is 9.47 Å². The minimum absolute atomic E-state index is 0.567. The standard InChI is InChI=1S/C19H20N4O2/c1-24-16-6-3-14(4-7-16)9-11-20-17-10-12-21-19(23-17)15-5-8-18(25-2)22-13-15/h3-8,10,12-13H,9,11H2,1-2H3,(H,20,21,23). The number of benzene rings is 1. The lowest BCUT2D eigenvalue weighted by Crippen LogP contribution is -2.07. The van der Waals surface area contributed by atoms with Gasteiger partial charge in [-0.25, -0.2) is 15.0 Å². The van der Waals surface area contributed by atoms with Gasteiger partial charge in [0.25, 0.3) is 0 Å². The maximum absolute atomic E-state index is 5.17. The van der Waals surface area contributed by atoms with Crippen LogP contribution >= 0.6 is 0 Å². The van der Waals surface area contributed by atoms with Gasteiger partial charge in [-0.15, -0.1) is 0 Å². The molecule has 0 bridgehead atoms. The average Bonchev–Trinajstić information content (AvgIpc) is 2.69. The van der Waals surface area contributed by atoms with Gasteiger partial charge in [-0.05, 0) is 36.2 Å². The summed E-state index contributed by atoms with van der Waals surface area (Å²) in [5.41, 5.74) is 2.08. The van der Waals surface area contributed by atoms with Gasteiger partial charge in [0.05, 0.1) is 14.2 Å². The molecule has 0 aliphatic heterocycles. The summed E-state index contributed by atoms with van der Waals surface area (Å²) in [5.74, 6) is 2.85. The van der Waals surface area contributed by atoms with Crippen LogP contribution in [0.15, 0.2) is 54.9 Å². The Labute approximate surface area is 146 Å². The minimum atomic E-state index is 0.567. The fourth-order valence-electron chi connectivity index (χ4n) is 2.36. The predicted molar refractivity (Wildman–Crippen MR) is 97.0 cm³/mol. The van der Waals surface area contributed by atoms with Gasteiger partial charge in [-0.3, -0.25) is 0 Å². The van der Waals surface area contributed by atoms with E-state index in [1.54, 1.807) is 32.7 Å². The van der Waals surface area contributed by atoms with Crippen molar-refractivity contribution in [1.29, 1.82) is 0 Å². The summed E-state index contributed by atoms with van der Waals surface area (Å²) < 4.78 is 10.2. The summed E-state index contributed by atoms with van der Waals surface area (Å²) in [4.78, 5) is 13.0. The van der Waals surface area contributed by atoms with Crippen molar-refractivity contribution >= 4 is 5.82 Å². The molecule has 2 heterocycles. The number of nitrogens with one attached hydrogen (secondary N) is 1. The molecule has 3 aromatic rings. The smallest absolute Gasteiger partial charge is 0.212 e. The van der Waals surface area contributed by atoms with Crippen molar-refractivity contribution in [2.45, 2.75) is 6.42 Å². The Bertz CT molecular complexity index is 804. The molecule has 0 radical (unpaired) electrons. The molecule has 0 saturated heterocycles. The molecule has 2 aromatic heterocycles. The van der Waals surface area contributed by atoms with Crippen LogP contribution < -0.4 is 14.8 Å². The molecule has 0 amide bonds. The van der Waals surface area contributed by atoms with Gasteiger partial charge >= 0.3 is 0 Å². The Morgan fingerprint density at radius 2 is 1.76 bits per heavy atom. The number of pyridine rings is 1. The second-order valence-electron chi connectivity index (χ2n) is 5.38. The second-order valence-corrected chi connectivity index (χ2v) is 5.38. The molecule has 0 fully saturated rings. The highest BCUT2D eigenvalue weighted by Crippen LogP contribution is 2.18. The number of hydrogen-bond donors (Lipinski definition) is 1. The highest BCUT2D eigenvalue weighted by Gasteiger charge is 2.04. The van der Waals surface area contributed by atoms with E-state index in [1.807, 2.05) is 24.3 Å². The molecule has 0 aliphatic carbocycles. The highest BCUT2D eigenvalue weighted by atomic mass is 16.5. The van der Waals surface area contributed by atoms with E-state index in [-0.39, 0.29) is 0 Å². The summed E-state index contributed by atoms with van der Waals surface area (Å²) in [6, 6.07) is 13.6. The van der Waals surface area contributed by atoms with Crippen molar-refractivity contribution < 1.29 is 9.47 Å². The molecular formula is C19H20N4O2. The fourth-order valence-corrected chi connectivity index (χ4v) is 2.36. The number of aromatic nitrogens is 3. The second kappa shape index (κ2) is 8.10. The van der Waals surface area contributed by atoms with Gasteiger partial charge < -0.3 is 14.8 Å². The van der Waals surface area contributed by atoms with Crippen LogP contribution in [0.3, 0.4) is 0 Å². The lowest BCUT2D eigenvalue weighted by atomic mass is 10.1. The Kier molecular flexibility index (Phi) is 5.41. The minimum Gasteiger partial charge on any atom is -0.497 e. The van der Waals surface area contributed by atoms with Crippen molar-refractivity contribution in [3.63, 3.8) is 0 Å². The van der Waals surface area contributed by atoms with Crippen molar-refractivity contribution in [1.82, 2.24) is 15.0 Å². The molecule has 0 aliphatic rings. The molecule has 0 atom stereocenters. The van der Waals surface area contributed by atoms with Crippen LogP contribution in [0.25, 0.3) is 11.4 Å². The molecule has 0 unspecified atom stereocenters. The number of hydrogen-bond acceptors (Lipinski definition) is 6. The van der Waals surface area contributed by atoms with Crippen molar-refractivity contribution in [2.75, 3.05) is 26.1 Å². The number of ether oxygens (including phenoxy) is 2. The normalized spacial score (nSPS) is 10.3. The van der Waals surface area contributed by atoms with Gasteiger partial charge in [0.15, 0.2) is 5.82 Å². The SMILES string of the molecule is COc1ccc(CCNc2ccnc(-c3ccc(OC)nc3)n2)cc1. The molecule has 1 N–H and O–H groups in total. The Morgan fingerprint density at radius 1 is 0.920 bits per heavy atom. The molecule has 128 valence electrons. The van der Waals surface area contributed by atoms with Crippen LogP contribution in [0.5, 0.6) is 11.6 Å². The first kappa shape index (κ1) is 16.7. The first-order valence-corrected chi connectivity index (χ1v) is 7.99. The van der Waals surface area contributed by atoms with Gasteiger partial charge in [-0.2, -0.15) is 0 Å². The van der Waals surface area contributed by atoms with E-state index in [9.17, 15) is 0 Å². The van der Waals surface area contributed by atoms with Crippen LogP contribution in [-0.4, -0.2) is 35.7 Å². The van der Waals surface area contributed by atoms with E-state index < -0.39 is 0 Å². The maximum atomic E-state index is 5.17. The molecule has 3 rings (SSSR count). The van der Waals surface area contributed by atoms with Gasteiger partial charge in [0.2, 0.25) is 5.88 Å². The monoisotopic (exact) mass is 336 g/mol. The van der Waals surface area contributed by atoms with E-state index in [1.165, 1.54) is 5.56 Å². The van der Waals surface area contributed by atoms with Gasteiger partial charge in [0, 0.05) is 30.6 Å². The lowest BCUT2D eigenvalue weighted by Gasteiger charge is -2.08. The van der Waals surface area contributed by atoms with E-state index in [0.717, 1.165) is 30.1 Å². The fraction of sp³-hybridized carbons (Fsp3) is 0.211. The number of anilines is 1. The first-order valence-electron chi connectivity index (χ1n) is 7.99. The summed E-state index contributed by atoms with van der Waals surface area (Å²) in [5, 5.41) is 3.33. The van der Waals surface area contributed by atoms with E-state index in [2.05, 4.69) is 32.4 Å². The lowest BCUT2D eigenvalue weighted by molar-refractivity contribution is 0.398. The Hall–Kier alpha value is -3.15. The van der Waals surface area contributed by atoms with Crippen LogP contribution in [0.4, 0.5) is 5.82 Å². The van der Waals surface area contributed by atoms with Crippen LogP contribution in [-0.2, 0) is 6.42 Å². The topological polar surface area (TPSA) is 69.2 Å². The number of nitrogens with zero attached hydrogens (tertiary/aromatic N) is 3. The molecule has 1 aromatic carbocycles. The van der Waals surface area contributed by atoms with Crippen molar-refractivity contribution in [3.8, 4) is 23.0 Å². The van der Waals surface area contributed by atoms with Gasteiger partial charge in [0.1, 0.15) is 11.6 Å². The van der Waals surface area contributed by atoms with Crippen molar-refractivity contribution in [3.05, 3.63) is 60.4 Å². The molecule has 0 spiro atoms. The third-order valence-electron chi connectivity index (χ3n) is 3.74. The third-order valence-corrected chi connectivity index (χ3v) is 3.74. The average molecular weight is 336 g/mol. The van der Waals surface area contributed by atoms with Crippen LogP contribution in [0, 0.1) is 0 Å². The largest absolute Gasteiger partial charge is 0.497 e. The van der Waals surface area contributed by atoms with Gasteiger partial charge in [-0.1, -0.05) is 12.1 Å². The maximum Gasteiger partial charge on any atom is 0.212 e. The van der Waals surface area contributed by atoms with E-state index >= 15 is 0 Å². The zero-order valence-electron chi connectivity index (χ0n) is 14.3. The highest BCUT2D eigenvalue weighted by molar-refractivity contribution is 5.56. The molecule has 6 heteroatoms. The Morgan fingerprint density at radius 3 is 2.44 bits per heavy atom. The third kappa shape index (κ3) is 4.44. The zero-order valence-corrected chi connectivity index (χ0v) is 14.3. The molecule has 0 saturated carbocycles. The zero-order chi connectivity index (χ0) is 17.5. The molecular weight excluding hydrogens is 316 g/mol. The summed E-state index contributed by atoms with van der Waals surface area (Å²) >= 11 is 0. The number of methoxy groups -OCH3 is 2. The predicted octanol–water partition coefficient (Wildman–Crippen LogP) is 3.21.